The number of halogens is 1. The van der Waals surface area contributed by atoms with E-state index in [1.54, 1.807) is 14.2 Å². The molecule has 27 heavy (non-hydrogen) atoms. The van der Waals surface area contributed by atoms with Crippen LogP contribution in [0.4, 0.5) is 0 Å². The Morgan fingerprint density at radius 3 is 2.41 bits per heavy atom. The smallest absolute Gasteiger partial charge is 0.308 e. The largest absolute Gasteiger partial charge is 1.00 e. The minimum Gasteiger partial charge on any atom is -1.00 e. The molecule has 0 spiro atoms. The maximum Gasteiger partial charge on any atom is 0.308 e. The van der Waals surface area contributed by atoms with Crippen LogP contribution in [-0.4, -0.2) is 20.2 Å². The second-order valence-electron chi connectivity index (χ2n) is 6.03. The van der Waals surface area contributed by atoms with Gasteiger partial charge in [0.05, 0.1) is 25.0 Å². The first-order valence-electron chi connectivity index (χ1n) is 8.21. The Morgan fingerprint density at radius 1 is 0.926 bits per heavy atom. The van der Waals surface area contributed by atoms with E-state index in [4.69, 9.17) is 14.2 Å². The minimum atomic E-state index is -0.385. The highest BCUT2D eigenvalue weighted by molar-refractivity contribution is 6.00. The van der Waals surface area contributed by atoms with Crippen LogP contribution in [-0.2, 0) is 4.79 Å². The number of ether oxygens (including phenoxy) is 3. The van der Waals surface area contributed by atoms with E-state index >= 15 is 0 Å². The van der Waals surface area contributed by atoms with Crippen LogP contribution >= 0.6 is 0 Å². The Balaban J connectivity index is 0.00000210. The fraction of sp³-hybridized carbons (Fsp3) is 0.143. The average Bonchev–Trinajstić information content (AvgIpc) is 2.66. The number of pyridine rings is 2. The summed E-state index contributed by atoms with van der Waals surface area (Å²) >= 11 is 0. The molecule has 0 fully saturated rings. The Bertz CT molecular complexity index is 1170. The zero-order valence-corrected chi connectivity index (χ0v) is 15.9. The normalized spacial score (nSPS) is 10.6. The van der Waals surface area contributed by atoms with Gasteiger partial charge in [-0.1, -0.05) is 6.07 Å². The quantitative estimate of drug-likeness (QED) is 0.172. The highest BCUT2D eigenvalue weighted by Gasteiger charge is 2.18. The lowest BCUT2D eigenvalue weighted by Crippen LogP contribution is -3.00. The number of hydrogen-bond acceptors (Lipinski definition) is 4. The van der Waals surface area contributed by atoms with Crippen molar-refractivity contribution in [2.24, 2.45) is 0 Å². The van der Waals surface area contributed by atoms with E-state index in [1.165, 1.54) is 6.92 Å². The van der Waals surface area contributed by atoms with E-state index in [-0.39, 0.29) is 18.4 Å². The Kier molecular flexibility index (Phi) is 5.06. The van der Waals surface area contributed by atoms with Crippen molar-refractivity contribution in [1.29, 1.82) is 0 Å². The summed E-state index contributed by atoms with van der Waals surface area (Å²) in [5.41, 5.74) is 1.04. The van der Waals surface area contributed by atoms with Crippen molar-refractivity contribution >= 4 is 33.0 Å². The third-order valence-electron chi connectivity index (χ3n) is 4.45. The number of methoxy groups -OCH3 is 2. The van der Waals surface area contributed by atoms with E-state index in [0.29, 0.717) is 11.5 Å². The number of hydrogen-bond donors (Lipinski definition) is 0. The maximum absolute atomic E-state index is 11.5. The lowest BCUT2D eigenvalue weighted by atomic mass is 10.1. The number of benzene rings is 2. The highest BCUT2D eigenvalue weighted by Crippen LogP contribution is 2.36. The fourth-order valence-electron chi connectivity index (χ4n) is 3.22. The molecule has 0 N–H and O–H groups in total. The van der Waals surface area contributed by atoms with Crippen molar-refractivity contribution in [1.82, 2.24) is 0 Å². The van der Waals surface area contributed by atoms with Gasteiger partial charge in [0.25, 0.3) is 0 Å². The van der Waals surface area contributed by atoms with Crippen LogP contribution in [0, 0.1) is 0 Å². The first kappa shape index (κ1) is 18.7. The van der Waals surface area contributed by atoms with E-state index in [9.17, 15) is 4.79 Å². The van der Waals surface area contributed by atoms with Crippen molar-refractivity contribution < 1.29 is 35.8 Å². The van der Waals surface area contributed by atoms with Gasteiger partial charge in [-0.25, -0.2) is 0 Å². The zero-order chi connectivity index (χ0) is 18.3. The molecule has 5 nitrogen and oxygen atoms in total. The summed E-state index contributed by atoms with van der Waals surface area (Å²) in [7, 11) is 3.22. The van der Waals surface area contributed by atoms with Crippen LogP contribution in [0.5, 0.6) is 17.2 Å². The van der Waals surface area contributed by atoms with Gasteiger partial charge in [0.2, 0.25) is 5.52 Å². The molecule has 0 saturated carbocycles. The summed E-state index contributed by atoms with van der Waals surface area (Å²) in [4.78, 5) is 11.5. The number of esters is 1. The Morgan fingerprint density at radius 2 is 1.70 bits per heavy atom. The van der Waals surface area contributed by atoms with Gasteiger partial charge in [0.1, 0.15) is 5.75 Å². The lowest BCUT2D eigenvalue weighted by Gasteiger charge is -2.10. The number of aromatic nitrogens is 1. The summed E-state index contributed by atoms with van der Waals surface area (Å²) < 4.78 is 18.2. The second-order valence-corrected chi connectivity index (χ2v) is 6.03. The molecule has 0 bridgehead atoms. The van der Waals surface area contributed by atoms with E-state index in [1.807, 2.05) is 53.2 Å². The van der Waals surface area contributed by atoms with Gasteiger partial charge in [0.15, 0.2) is 23.9 Å². The summed E-state index contributed by atoms with van der Waals surface area (Å²) in [5.74, 6) is 1.37. The monoisotopic (exact) mass is 383 g/mol. The topological polar surface area (TPSA) is 48.9 Å². The van der Waals surface area contributed by atoms with Crippen LogP contribution in [0.3, 0.4) is 0 Å². The molecule has 2 aromatic carbocycles. The first-order valence-corrected chi connectivity index (χ1v) is 8.21. The molecule has 4 aromatic rings. The lowest BCUT2D eigenvalue weighted by molar-refractivity contribution is -0.509. The molecule has 0 atom stereocenters. The average molecular weight is 384 g/mol. The van der Waals surface area contributed by atoms with Gasteiger partial charge >= 0.3 is 5.97 Å². The van der Waals surface area contributed by atoms with E-state index in [0.717, 1.165) is 32.8 Å². The number of fused-ring (bicyclic) bond motifs is 4. The summed E-state index contributed by atoms with van der Waals surface area (Å²) in [6.45, 7) is 1.38. The van der Waals surface area contributed by atoms with Crippen molar-refractivity contribution in [3.05, 3.63) is 54.9 Å². The second kappa shape index (κ2) is 7.29. The molecular weight excluding hydrogens is 366 g/mol. The van der Waals surface area contributed by atoms with Gasteiger partial charge in [-0.2, -0.15) is 4.40 Å². The third kappa shape index (κ3) is 3.22. The van der Waals surface area contributed by atoms with Gasteiger partial charge in [-0.05, 0) is 35.0 Å². The van der Waals surface area contributed by atoms with Gasteiger partial charge in [-0.3, -0.25) is 4.79 Å². The molecule has 0 saturated heterocycles. The van der Waals surface area contributed by atoms with E-state index in [2.05, 4.69) is 6.07 Å². The van der Waals surface area contributed by atoms with Crippen LogP contribution < -0.4 is 31.0 Å². The highest BCUT2D eigenvalue weighted by atomic mass is 35.5. The molecule has 0 aliphatic rings. The predicted molar refractivity (Wildman–Crippen MR) is 99.0 cm³/mol. The summed E-state index contributed by atoms with van der Waals surface area (Å²) in [5, 5.41) is 3.97. The van der Waals surface area contributed by atoms with Gasteiger partial charge in [0, 0.05) is 19.1 Å². The van der Waals surface area contributed by atoms with Crippen LogP contribution in [0.25, 0.3) is 27.1 Å². The molecule has 2 heterocycles. The van der Waals surface area contributed by atoms with E-state index < -0.39 is 0 Å². The van der Waals surface area contributed by atoms with Crippen molar-refractivity contribution in [3.63, 3.8) is 0 Å². The number of nitrogens with zero attached hydrogens (tertiary/aromatic N) is 1. The van der Waals surface area contributed by atoms with Crippen LogP contribution in [0.1, 0.15) is 6.92 Å². The number of carbonyl (C=O) groups is 1. The zero-order valence-electron chi connectivity index (χ0n) is 15.2. The van der Waals surface area contributed by atoms with Gasteiger partial charge < -0.3 is 26.6 Å². The minimum absolute atomic E-state index is 0. The van der Waals surface area contributed by atoms with Crippen LogP contribution in [0.2, 0.25) is 0 Å². The Labute approximate surface area is 162 Å². The van der Waals surface area contributed by atoms with Crippen molar-refractivity contribution in [2.75, 3.05) is 14.2 Å². The summed E-state index contributed by atoms with van der Waals surface area (Å²) in [6, 6.07) is 13.9. The van der Waals surface area contributed by atoms with Crippen molar-refractivity contribution in [3.8, 4) is 17.2 Å². The predicted octanol–water partition coefficient (Wildman–Crippen LogP) is 0.678. The number of rotatable bonds is 3. The standard InChI is InChI=1S/C21H18NO4.ClH/c1-13(23)26-21-18-12-22-9-8-14-4-6-16(24-2)11-17(14)19(22)10-15(18)5-7-20(21)25-3;/h4-12H,1-3H3;1H/q+1;/p-1. The molecule has 0 aliphatic heterocycles. The molecule has 138 valence electrons. The molecule has 0 radical (unpaired) electrons. The molecule has 0 unspecified atom stereocenters. The molecular formula is C21H18ClNO4. The first-order chi connectivity index (χ1) is 12.6. The third-order valence-corrected chi connectivity index (χ3v) is 4.45. The molecule has 0 amide bonds. The number of carbonyl (C=O) groups excluding carboxylic acids is 1. The fourth-order valence-corrected chi connectivity index (χ4v) is 3.22. The molecule has 4 rings (SSSR count). The van der Waals surface area contributed by atoms with Crippen molar-refractivity contribution in [2.45, 2.75) is 6.92 Å². The summed E-state index contributed by atoms with van der Waals surface area (Å²) in [6.07, 6.45) is 3.94. The Hall–Kier alpha value is -3.05. The van der Waals surface area contributed by atoms with Gasteiger partial charge in [-0.15, -0.1) is 0 Å². The molecule has 2 aromatic heterocycles. The SMILES string of the molecule is COc1ccc2cc[n+]3cc4c(OC(C)=O)c(OC)ccc4cc3c2c1.[Cl-]. The molecule has 0 aliphatic carbocycles. The maximum atomic E-state index is 11.5. The molecule has 6 heteroatoms. The van der Waals surface area contributed by atoms with Crippen LogP contribution in [0.15, 0.2) is 54.9 Å².